The molecule has 4 heteroatoms. The Morgan fingerprint density at radius 1 is 1.53 bits per heavy atom. The molecule has 2 rings (SSSR count). The Hall–Kier alpha value is -1.00. The van der Waals surface area contributed by atoms with Crippen molar-refractivity contribution in [3.05, 3.63) is 29.8 Å². The van der Waals surface area contributed by atoms with E-state index in [2.05, 4.69) is 17.9 Å². The summed E-state index contributed by atoms with van der Waals surface area (Å²) in [5, 5.41) is 2.97. The number of ether oxygens (including phenoxy) is 1. The molecule has 17 heavy (non-hydrogen) atoms. The summed E-state index contributed by atoms with van der Waals surface area (Å²) in [7, 11) is 0. The molecule has 3 nitrogen and oxygen atoms in total. The third kappa shape index (κ3) is 3.01. The van der Waals surface area contributed by atoms with Gasteiger partial charge in [-0.3, -0.25) is 4.79 Å². The highest BCUT2D eigenvalue weighted by molar-refractivity contribution is 7.80. The normalized spacial score (nSPS) is 21.2. The van der Waals surface area contributed by atoms with Crippen molar-refractivity contribution in [2.75, 3.05) is 6.61 Å². The molecule has 1 N–H and O–H groups in total. The van der Waals surface area contributed by atoms with Crippen molar-refractivity contribution in [1.29, 1.82) is 0 Å². The zero-order chi connectivity index (χ0) is 12.3. The van der Waals surface area contributed by atoms with Gasteiger partial charge >= 0.3 is 0 Å². The van der Waals surface area contributed by atoms with E-state index in [4.69, 9.17) is 4.74 Å². The average Bonchev–Trinajstić information content (AvgIpc) is 2.82. The summed E-state index contributed by atoms with van der Waals surface area (Å²) in [6.45, 7) is 2.78. The summed E-state index contributed by atoms with van der Waals surface area (Å²) in [5.41, 5.74) is 0.612. The van der Waals surface area contributed by atoms with Gasteiger partial charge in [0.25, 0.3) is 5.91 Å². The van der Waals surface area contributed by atoms with Crippen LogP contribution < -0.4 is 5.32 Å². The molecule has 1 aromatic carbocycles. The van der Waals surface area contributed by atoms with Crippen LogP contribution in [0.1, 0.15) is 30.1 Å². The van der Waals surface area contributed by atoms with Gasteiger partial charge in [0.15, 0.2) is 0 Å². The van der Waals surface area contributed by atoms with Crippen LogP contribution in [0.4, 0.5) is 0 Å². The zero-order valence-corrected chi connectivity index (χ0v) is 10.7. The third-order valence-corrected chi connectivity index (χ3v) is 3.42. The lowest BCUT2D eigenvalue weighted by Crippen LogP contribution is -2.40. The van der Waals surface area contributed by atoms with E-state index in [9.17, 15) is 4.79 Å². The molecule has 1 aliphatic rings. The van der Waals surface area contributed by atoms with Crippen LogP contribution in [-0.2, 0) is 4.74 Å². The van der Waals surface area contributed by atoms with E-state index >= 15 is 0 Å². The molecule has 1 saturated heterocycles. The van der Waals surface area contributed by atoms with Crippen molar-refractivity contribution in [1.82, 2.24) is 5.32 Å². The van der Waals surface area contributed by atoms with E-state index in [1.54, 1.807) is 6.07 Å². The van der Waals surface area contributed by atoms with Gasteiger partial charge in [-0.15, -0.1) is 12.6 Å². The Bertz CT molecular complexity index is 402. The number of amides is 1. The molecule has 0 bridgehead atoms. The van der Waals surface area contributed by atoms with Crippen LogP contribution >= 0.6 is 12.6 Å². The van der Waals surface area contributed by atoms with Gasteiger partial charge in [-0.1, -0.05) is 12.1 Å². The molecular formula is C13H17NO2S. The minimum Gasteiger partial charge on any atom is -0.376 e. The number of benzene rings is 1. The first-order valence-corrected chi connectivity index (χ1v) is 6.33. The minimum atomic E-state index is -0.0846. The molecule has 2 atom stereocenters. The van der Waals surface area contributed by atoms with Crippen molar-refractivity contribution >= 4 is 18.5 Å². The van der Waals surface area contributed by atoms with E-state index < -0.39 is 0 Å². The average molecular weight is 251 g/mol. The van der Waals surface area contributed by atoms with Crippen molar-refractivity contribution in [3.8, 4) is 0 Å². The van der Waals surface area contributed by atoms with Crippen molar-refractivity contribution in [2.24, 2.45) is 0 Å². The van der Waals surface area contributed by atoms with Crippen molar-refractivity contribution in [2.45, 2.75) is 36.8 Å². The second-order valence-corrected chi connectivity index (χ2v) is 4.81. The Balaban J connectivity index is 1.99. The summed E-state index contributed by atoms with van der Waals surface area (Å²) in [6.07, 6.45) is 2.24. The summed E-state index contributed by atoms with van der Waals surface area (Å²) in [6, 6.07) is 7.33. The maximum absolute atomic E-state index is 12.0. The first kappa shape index (κ1) is 12.5. The molecule has 1 aliphatic heterocycles. The molecule has 2 unspecified atom stereocenters. The van der Waals surface area contributed by atoms with Crippen LogP contribution in [0.25, 0.3) is 0 Å². The monoisotopic (exact) mass is 251 g/mol. The van der Waals surface area contributed by atoms with E-state index in [0.29, 0.717) is 10.5 Å². The van der Waals surface area contributed by atoms with Crippen LogP contribution in [0.15, 0.2) is 29.2 Å². The maximum Gasteiger partial charge on any atom is 0.252 e. The van der Waals surface area contributed by atoms with Crippen molar-refractivity contribution < 1.29 is 9.53 Å². The van der Waals surface area contributed by atoms with Gasteiger partial charge in [-0.05, 0) is 31.9 Å². The second kappa shape index (κ2) is 5.56. The molecule has 0 saturated carbocycles. The summed E-state index contributed by atoms with van der Waals surface area (Å²) in [5.74, 6) is -0.0846. The molecule has 0 radical (unpaired) electrons. The minimum absolute atomic E-state index is 0.0398. The van der Waals surface area contributed by atoms with E-state index in [0.717, 1.165) is 19.4 Å². The summed E-state index contributed by atoms with van der Waals surface area (Å²) in [4.78, 5) is 12.7. The first-order chi connectivity index (χ1) is 8.18. The van der Waals surface area contributed by atoms with Gasteiger partial charge in [0.05, 0.1) is 17.7 Å². The van der Waals surface area contributed by atoms with Gasteiger partial charge in [0.1, 0.15) is 0 Å². The molecule has 0 aromatic heterocycles. The molecule has 1 heterocycles. The van der Waals surface area contributed by atoms with Gasteiger partial charge in [0, 0.05) is 11.5 Å². The molecule has 1 fully saturated rings. The van der Waals surface area contributed by atoms with E-state index in [1.165, 1.54) is 0 Å². The van der Waals surface area contributed by atoms with Crippen LogP contribution in [0.3, 0.4) is 0 Å². The van der Waals surface area contributed by atoms with Crippen molar-refractivity contribution in [3.63, 3.8) is 0 Å². The predicted octanol–water partition coefficient (Wildman–Crippen LogP) is 2.27. The second-order valence-electron chi connectivity index (χ2n) is 4.33. The maximum atomic E-state index is 12.0. The third-order valence-electron chi connectivity index (χ3n) is 3.03. The molecular weight excluding hydrogens is 234 g/mol. The Labute approximate surface area is 107 Å². The highest BCUT2D eigenvalue weighted by Crippen LogP contribution is 2.17. The summed E-state index contributed by atoms with van der Waals surface area (Å²) >= 11 is 4.28. The highest BCUT2D eigenvalue weighted by atomic mass is 32.1. The van der Waals surface area contributed by atoms with Crippen LogP contribution in [-0.4, -0.2) is 24.7 Å². The smallest absolute Gasteiger partial charge is 0.252 e. The SMILES string of the molecule is CC(NC(=O)c1ccccc1S)C1CCCO1. The number of carbonyl (C=O) groups excluding carboxylic acids is 1. The van der Waals surface area contributed by atoms with Crippen LogP contribution in [0, 0.1) is 0 Å². The van der Waals surface area contributed by atoms with Crippen LogP contribution in [0.5, 0.6) is 0 Å². The number of rotatable bonds is 3. The predicted molar refractivity (Wildman–Crippen MR) is 69.6 cm³/mol. The lowest BCUT2D eigenvalue weighted by molar-refractivity contribution is 0.0710. The van der Waals surface area contributed by atoms with E-state index in [1.807, 2.05) is 25.1 Å². The first-order valence-electron chi connectivity index (χ1n) is 5.89. The fourth-order valence-electron chi connectivity index (χ4n) is 2.04. The van der Waals surface area contributed by atoms with E-state index in [-0.39, 0.29) is 18.1 Å². The lowest BCUT2D eigenvalue weighted by atomic mass is 10.1. The lowest BCUT2D eigenvalue weighted by Gasteiger charge is -2.20. The standard InChI is InChI=1S/C13H17NO2S/c1-9(11-6-4-8-16-11)14-13(15)10-5-2-3-7-12(10)17/h2-3,5,7,9,11,17H,4,6,8H2,1H3,(H,14,15). The number of hydrogen-bond acceptors (Lipinski definition) is 3. The molecule has 1 amide bonds. The molecule has 0 spiro atoms. The van der Waals surface area contributed by atoms with Gasteiger partial charge in [-0.2, -0.15) is 0 Å². The largest absolute Gasteiger partial charge is 0.376 e. The highest BCUT2D eigenvalue weighted by Gasteiger charge is 2.24. The number of hydrogen-bond donors (Lipinski definition) is 2. The molecule has 92 valence electrons. The summed E-state index contributed by atoms with van der Waals surface area (Å²) < 4.78 is 5.55. The quantitative estimate of drug-likeness (QED) is 0.809. The Morgan fingerprint density at radius 3 is 2.94 bits per heavy atom. The Morgan fingerprint density at radius 2 is 2.29 bits per heavy atom. The van der Waals surface area contributed by atoms with Gasteiger partial charge < -0.3 is 10.1 Å². The van der Waals surface area contributed by atoms with Crippen LogP contribution in [0.2, 0.25) is 0 Å². The molecule has 0 aliphatic carbocycles. The topological polar surface area (TPSA) is 38.3 Å². The zero-order valence-electron chi connectivity index (χ0n) is 9.85. The Kier molecular flexibility index (Phi) is 4.07. The van der Waals surface area contributed by atoms with Gasteiger partial charge in [0.2, 0.25) is 0 Å². The fourth-order valence-corrected chi connectivity index (χ4v) is 2.30. The number of thiol groups is 1. The van der Waals surface area contributed by atoms with Gasteiger partial charge in [-0.25, -0.2) is 0 Å². The molecule has 1 aromatic rings. The fraction of sp³-hybridized carbons (Fsp3) is 0.462. The number of carbonyl (C=O) groups is 1. The number of nitrogens with one attached hydrogen (secondary N) is 1.